The normalized spacial score (nSPS) is 15.2. The van der Waals surface area contributed by atoms with Gasteiger partial charge in [0.1, 0.15) is 5.60 Å². The lowest BCUT2D eigenvalue weighted by atomic mass is 10.1. The van der Waals surface area contributed by atoms with Crippen LogP contribution in [0.3, 0.4) is 0 Å². The quantitative estimate of drug-likeness (QED) is 0.843. The number of nitrogens with one attached hydrogen (secondary N) is 1. The number of hydrogen-bond acceptors (Lipinski definition) is 3. The summed E-state index contributed by atoms with van der Waals surface area (Å²) in [4.78, 5) is 25.5. The molecule has 1 N–H and O–H groups in total. The highest BCUT2D eigenvalue weighted by atomic mass is 79.9. The molecule has 2 amide bonds. The van der Waals surface area contributed by atoms with E-state index in [1.807, 2.05) is 20.8 Å². The molecule has 0 radical (unpaired) electrons. The summed E-state index contributed by atoms with van der Waals surface area (Å²) in [6.45, 7) is 6.34. The molecule has 1 heterocycles. The predicted molar refractivity (Wildman–Crippen MR) is 88.2 cm³/mol. The predicted octanol–water partition coefficient (Wildman–Crippen LogP) is 3.45. The van der Waals surface area contributed by atoms with Crippen LogP contribution >= 0.6 is 27.5 Å². The van der Waals surface area contributed by atoms with E-state index in [9.17, 15) is 9.59 Å². The molecular formula is C15H18BrClN2O3. The number of likely N-dealkylation sites (tertiary alicyclic amines) is 1. The Morgan fingerprint density at radius 2 is 2.00 bits per heavy atom. The van der Waals surface area contributed by atoms with Crippen LogP contribution in [-0.4, -0.2) is 41.6 Å². The van der Waals surface area contributed by atoms with Gasteiger partial charge in [-0.15, -0.1) is 0 Å². The lowest BCUT2D eigenvalue weighted by Crippen LogP contribution is -2.61. The average Bonchev–Trinajstić information content (AvgIpc) is 2.30. The van der Waals surface area contributed by atoms with Gasteiger partial charge in [0.25, 0.3) is 5.91 Å². The minimum absolute atomic E-state index is 0.0836. The lowest BCUT2D eigenvalue weighted by Gasteiger charge is -2.40. The average molecular weight is 390 g/mol. The van der Waals surface area contributed by atoms with E-state index >= 15 is 0 Å². The largest absolute Gasteiger partial charge is 0.444 e. The SMILES string of the molecule is CC(C)(C)OC(=O)N1CC(NC(=O)c2ccc(Br)cc2Cl)C1. The monoisotopic (exact) mass is 388 g/mol. The van der Waals surface area contributed by atoms with Gasteiger partial charge in [-0.05, 0) is 39.0 Å². The van der Waals surface area contributed by atoms with Crippen LogP contribution in [0.1, 0.15) is 31.1 Å². The lowest BCUT2D eigenvalue weighted by molar-refractivity contribution is 0.00533. The van der Waals surface area contributed by atoms with Crippen LogP contribution in [0.4, 0.5) is 4.79 Å². The van der Waals surface area contributed by atoms with Gasteiger partial charge in [-0.2, -0.15) is 0 Å². The van der Waals surface area contributed by atoms with Gasteiger partial charge in [-0.3, -0.25) is 4.79 Å². The van der Waals surface area contributed by atoms with Crippen molar-refractivity contribution in [3.8, 4) is 0 Å². The summed E-state index contributed by atoms with van der Waals surface area (Å²) in [6, 6.07) is 5.00. The van der Waals surface area contributed by atoms with Crippen molar-refractivity contribution in [2.24, 2.45) is 0 Å². The van der Waals surface area contributed by atoms with E-state index < -0.39 is 5.60 Å². The summed E-state index contributed by atoms with van der Waals surface area (Å²) >= 11 is 9.34. The zero-order valence-electron chi connectivity index (χ0n) is 12.7. The van der Waals surface area contributed by atoms with E-state index in [1.165, 1.54) is 0 Å². The van der Waals surface area contributed by atoms with Gasteiger partial charge in [0, 0.05) is 17.6 Å². The fraction of sp³-hybridized carbons (Fsp3) is 0.467. The second kappa shape index (κ2) is 6.46. The molecule has 7 heteroatoms. The van der Waals surface area contributed by atoms with Crippen LogP contribution in [-0.2, 0) is 4.74 Å². The van der Waals surface area contributed by atoms with Gasteiger partial charge in [-0.25, -0.2) is 4.79 Å². The van der Waals surface area contributed by atoms with Gasteiger partial charge >= 0.3 is 6.09 Å². The first-order valence-corrected chi connectivity index (χ1v) is 8.06. The minimum atomic E-state index is -0.517. The van der Waals surface area contributed by atoms with Gasteiger partial charge in [0.15, 0.2) is 0 Å². The zero-order valence-corrected chi connectivity index (χ0v) is 15.0. The van der Waals surface area contributed by atoms with Crippen LogP contribution in [0.2, 0.25) is 5.02 Å². The van der Waals surface area contributed by atoms with Crippen molar-refractivity contribution in [2.75, 3.05) is 13.1 Å². The molecule has 1 aliphatic rings. The van der Waals surface area contributed by atoms with Crippen LogP contribution in [0.15, 0.2) is 22.7 Å². The van der Waals surface area contributed by atoms with Gasteiger partial charge < -0.3 is 15.0 Å². The molecule has 0 spiro atoms. The van der Waals surface area contributed by atoms with Crippen LogP contribution < -0.4 is 5.32 Å². The number of halogens is 2. The molecule has 1 saturated heterocycles. The number of carbonyl (C=O) groups is 2. The first-order chi connectivity index (χ1) is 10.2. The van der Waals surface area contributed by atoms with E-state index in [0.29, 0.717) is 23.7 Å². The second-order valence-electron chi connectivity index (χ2n) is 6.18. The van der Waals surface area contributed by atoms with E-state index in [4.69, 9.17) is 16.3 Å². The van der Waals surface area contributed by atoms with E-state index in [-0.39, 0.29) is 18.0 Å². The maximum atomic E-state index is 12.1. The third-order valence-electron chi connectivity index (χ3n) is 3.04. The summed E-state index contributed by atoms with van der Waals surface area (Å²) in [6.07, 6.45) is -0.361. The number of ether oxygens (including phenoxy) is 1. The van der Waals surface area contributed by atoms with Crippen molar-refractivity contribution in [3.63, 3.8) is 0 Å². The Kier molecular flexibility index (Phi) is 5.02. The fourth-order valence-electron chi connectivity index (χ4n) is 1.98. The van der Waals surface area contributed by atoms with Gasteiger partial charge in [-0.1, -0.05) is 27.5 Å². The highest BCUT2D eigenvalue weighted by Crippen LogP contribution is 2.22. The Hall–Kier alpha value is -1.27. The van der Waals surface area contributed by atoms with E-state index in [2.05, 4.69) is 21.2 Å². The summed E-state index contributed by atoms with van der Waals surface area (Å²) in [5, 5.41) is 3.24. The molecule has 1 aliphatic heterocycles. The molecule has 120 valence electrons. The summed E-state index contributed by atoms with van der Waals surface area (Å²) in [5.41, 5.74) is -0.100. The molecule has 22 heavy (non-hydrogen) atoms. The number of nitrogens with zero attached hydrogens (tertiary/aromatic N) is 1. The molecule has 0 bridgehead atoms. The van der Waals surface area contributed by atoms with Crippen molar-refractivity contribution in [3.05, 3.63) is 33.3 Å². The number of hydrogen-bond donors (Lipinski definition) is 1. The minimum Gasteiger partial charge on any atom is -0.444 e. The molecule has 1 aromatic rings. The topological polar surface area (TPSA) is 58.6 Å². The highest BCUT2D eigenvalue weighted by Gasteiger charge is 2.34. The van der Waals surface area contributed by atoms with Crippen molar-refractivity contribution >= 4 is 39.5 Å². The zero-order chi connectivity index (χ0) is 16.5. The van der Waals surface area contributed by atoms with Gasteiger partial charge in [0.05, 0.1) is 16.6 Å². The van der Waals surface area contributed by atoms with Crippen molar-refractivity contribution in [1.29, 1.82) is 0 Å². The molecule has 0 atom stereocenters. The molecular weight excluding hydrogens is 372 g/mol. The summed E-state index contributed by atoms with van der Waals surface area (Å²) in [5.74, 6) is -0.244. The molecule has 5 nitrogen and oxygen atoms in total. The Balaban J connectivity index is 1.85. The Morgan fingerprint density at radius 3 is 2.55 bits per heavy atom. The summed E-state index contributed by atoms with van der Waals surface area (Å²) in [7, 11) is 0. The first-order valence-electron chi connectivity index (χ1n) is 6.89. The Labute approximate surface area is 143 Å². The summed E-state index contributed by atoms with van der Waals surface area (Å²) < 4.78 is 6.07. The highest BCUT2D eigenvalue weighted by molar-refractivity contribution is 9.10. The third kappa shape index (κ3) is 4.36. The first kappa shape index (κ1) is 17.1. The van der Waals surface area contributed by atoms with Crippen molar-refractivity contribution in [2.45, 2.75) is 32.4 Å². The smallest absolute Gasteiger partial charge is 0.410 e. The van der Waals surface area contributed by atoms with E-state index in [0.717, 1.165) is 4.47 Å². The number of rotatable bonds is 2. The van der Waals surface area contributed by atoms with Crippen molar-refractivity contribution < 1.29 is 14.3 Å². The molecule has 0 aromatic heterocycles. The van der Waals surface area contributed by atoms with Crippen LogP contribution in [0.5, 0.6) is 0 Å². The van der Waals surface area contributed by atoms with E-state index in [1.54, 1.807) is 23.1 Å². The third-order valence-corrected chi connectivity index (χ3v) is 3.85. The molecule has 2 rings (SSSR count). The van der Waals surface area contributed by atoms with Crippen molar-refractivity contribution in [1.82, 2.24) is 10.2 Å². The second-order valence-corrected chi connectivity index (χ2v) is 7.50. The molecule has 0 unspecified atom stereocenters. The van der Waals surface area contributed by atoms with Gasteiger partial charge in [0.2, 0.25) is 0 Å². The molecule has 0 aliphatic carbocycles. The standard InChI is InChI=1S/C15H18BrClN2O3/c1-15(2,3)22-14(21)19-7-10(8-19)18-13(20)11-5-4-9(16)6-12(11)17/h4-6,10H,7-8H2,1-3H3,(H,18,20). The molecule has 1 fully saturated rings. The maximum absolute atomic E-state index is 12.1. The molecule has 1 aromatic carbocycles. The van der Waals surface area contributed by atoms with Crippen LogP contribution in [0, 0.1) is 0 Å². The number of carbonyl (C=O) groups excluding carboxylic acids is 2. The number of amides is 2. The van der Waals surface area contributed by atoms with Crippen LogP contribution in [0.25, 0.3) is 0 Å². The fourth-order valence-corrected chi connectivity index (χ4v) is 2.74. The Bertz CT molecular complexity index is 595. The molecule has 0 saturated carbocycles. The maximum Gasteiger partial charge on any atom is 0.410 e. The number of benzene rings is 1. The Morgan fingerprint density at radius 1 is 1.36 bits per heavy atom.